The van der Waals surface area contributed by atoms with Gasteiger partial charge in [-0.2, -0.15) is 0 Å². The topological polar surface area (TPSA) is 68.8 Å². The lowest BCUT2D eigenvalue weighted by molar-refractivity contribution is 0.234. The van der Waals surface area contributed by atoms with Crippen molar-refractivity contribution < 1.29 is 19.0 Å². The molecule has 0 fully saturated rings. The van der Waals surface area contributed by atoms with Crippen LogP contribution >= 0.6 is 0 Å². The van der Waals surface area contributed by atoms with E-state index >= 15 is 0 Å². The van der Waals surface area contributed by atoms with E-state index in [-0.39, 0.29) is 12.8 Å². The minimum atomic E-state index is -0.359. The number of anilines is 1. The fourth-order valence-corrected chi connectivity index (χ4v) is 2.39. The quantitative estimate of drug-likeness (QED) is 0.539. The molecule has 0 bridgehead atoms. The molecule has 2 N–H and O–H groups in total. The number of carbonyl (C=O) groups is 1. The minimum absolute atomic E-state index is 0.0506. The monoisotopic (exact) mass is 378 g/mol. The van der Waals surface area contributed by atoms with Crippen LogP contribution in [0.4, 0.5) is 10.5 Å². The highest BCUT2D eigenvalue weighted by molar-refractivity contribution is 5.89. The SMILES string of the molecule is CCOc1ccc(OCNC(=O)Nc2ccc(Oc3ccccc3)cc2)cc1. The summed E-state index contributed by atoms with van der Waals surface area (Å²) < 4.78 is 16.6. The van der Waals surface area contributed by atoms with E-state index in [9.17, 15) is 4.79 Å². The molecule has 0 radical (unpaired) electrons. The van der Waals surface area contributed by atoms with Gasteiger partial charge in [0.2, 0.25) is 0 Å². The van der Waals surface area contributed by atoms with Crippen LogP contribution in [0.25, 0.3) is 0 Å². The van der Waals surface area contributed by atoms with Crippen LogP contribution in [-0.4, -0.2) is 19.4 Å². The van der Waals surface area contributed by atoms with Crippen LogP contribution in [-0.2, 0) is 0 Å². The predicted octanol–water partition coefficient (Wildman–Crippen LogP) is 5.04. The third-order valence-corrected chi connectivity index (χ3v) is 3.70. The lowest BCUT2D eigenvalue weighted by Crippen LogP contribution is -2.31. The first kappa shape index (κ1) is 19.1. The van der Waals surface area contributed by atoms with Crippen LogP contribution in [0, 0.1) is 0 Å². The van der Waals surface area contributed by atoms with Gasteiger partial charge in [-0.05, 0) is 67.6 Å². The summed E-state index contributed by atoms with van der Waals surface area (Å²) in [5.74, 6) is 2.87. The van der Waals surface area contributed by atoms with Gasteiger partial charge in [-0.1, -0.05) is 18.2 Å². The van der Waals surface area contributed by atoms with Crippen molar-refractivity contribution >= 4 is 11.7 Å². The average molecular weight is 378 g/mol. The molecule has 0 aliphatic carbocycles. The summed E-state index contributed by atoms with van der Waals surface area (Å²) in [6.07, 6.45) is 0. The molecule has 0 saturated carbocycles. The fraction of sp³-hybridized carbons (Fsp3) is 0.136. The van der Waals surface area contributed by atoms with Gasteiger partial charge in [0.1, 0.15) is 23.0 Å². The van der Waals surface area contributed by atoms with Crippen molar-refractivity contribution in [3.63, 3.8) is 0 Å². The maximum absolute atomic E-state index is 12.0. The summed E-state index contributed by atoms with van der Waals surface area (Å²) in [6.45, 7) is 2.59. The van der Waals surface area contributed by atoms with E-state index in [1.165, 1.54) is 0 Å². The smallest absolute Gasteiger partial charge is 0.321 e. The van der Waals surface area contributed by atoms with Gasteiger partial charge >= 0.3 is 6.03 Å². The molecule has 0 aliphatic heterocycles. The summed E-state index contributed by atoms with van der Waals surface area (Å²) in [7, 11) is 0. The van der Waals surface area contributed by atoms with Gasteiger partial charge in [0.15, 0.2) is 6.73 Å². The van der Waals surface area contributed by atoms with Gasteiger partial charge in [-0.15, -0.1) is 0 Å². The van der Waals surface area contributed by atoms with Crippen LogP contribution in [0.15, 0.2) is 78.9 Å². The Hall–Kier alpha value is -3.67. The molecule has 3 aromatic rings. The standard InChI is InChI=1S/C22H22N2O4/c1-2-26-18-12-14-19(15-13-18)27-16-23-22(25)24-17-8-10-21(11-9-17)28-20-6-4-3-5-7-20/h3-15H,2,16H2,1H3,(H2,23,24,25). The van der Waals surface area contributed by atoms with Gasteiger partial charge in [0.25, 0.3) is 0 Å². The van der Waals surface area contributed by atoms with Gasteiger partial charge in [0.05, 0.1) is 6.61 Å². The maximum atomic E-state index is 12.0. The number of benzene rings is 3. The van der Waals surface area contributed by atoms with E-state index in [4.69, 9.17) is 14.2 Å². The maximum Gasteiger partial charge on any atom is 0.321 e. The van der Waals surface area contributed by atoms with Crippen LogP contribution in [0.2, 0.25) is 0 Å². The Balaban J connectivity index is 1.41. The Morgan fingerprint density at radius 3 is 1.96 bits per heavy atom. The number of carbonyl (C=O) groups excluding carboxylic acids is 1. The minimum Gasteiger partial charge on any atom is -0.494 e. The Kier molecular flexibility index (Phi) is 6.73. The normalized spacial score (nSPS) is 10.0. The van der Waals surface area contributed by atoms with Crippen molar-refractivity contribution in [2.24, 2.45) is 0 Å². The first-order valence-electron chi connectivity index (χ1n) is 8.96. The molecule has 0 saturated heterocycles. The van der Waals surface area contributed by atoms with Crippen molar-refractivity contribution in [3.05, 3.63) is 78.9 Å². The predicted molar refractivity (Wildman–Crippen MR) is 108 cm³/mol. The van der Waals surface area contributed by atoms with E-state index in [1.807, 2.05) is 49.4 Å². The Labute approximate surface area is 164 Å². The first-order valence-corrected chi connectivity index (χ1v) is 8.96. The molecule has 0 aliphatic rings. The second-order valence-electron chi connectivity index (χ2n) is 5.76. The molecule has 3 aromatic carbocycles. The number of amides is 2. The number of urea groups is 1. The fourth-order valence-electron chi connectivity index (χ4n) is 2.39. The van der Waals surface area contributed by atoms with E-state index < -0.39 is 0 Å². The van der Waals surface area contributed by atoms with Crippen LogP contribution in [0.3, 0.4) is 0 Å². The molecule has 0 aromatic heterocycles. The van der Waals surface area contributed by atoms with Crippen LogP contribution in [0.5, 0.6) is 23.0 Å². The molecule has 6 heteroatoms. The Morgan fingerprint density at radius 2 is 1.32 bits per heavy atom. The molecule has 0 unspecified atom stereocenters. The van der Waals surface area contributed by atoms with Gasteiger partial charge in [-0.3, -0.25) is 0 Å². The molecule has 0 heterocycles. The number of nitrogens with one attached hydrogen (secondary N) is 2. The summed E-state index contributed by atoms with van der Waals surface area (Å²) in [6, 6.07) is 23.5. The van der Waals surface area contributed by atoms with E-state index in [1.54, 1.807) is 36.4 Å². The molecule has 6 nitrogen and oxygen atoms in total. The number of hydrogen-bond donors (Lipinski definition) is 2. The highest BCUT2D eigenvalue weighted by atomic mass is 16.5. The molecular weight excluding hydrogens is 356 g/mol. The molecule has 144 valence electrons. The lowest BCUT2D eigenvalue weighted by Gasteiger charge is -2.11. The van der Waals surface area contributed by atoms with Gasteiger partial charge < -0.3 is 24.8 Å². The zero-order chi connectivity index (χ0) is 19.6. The molecule has 0 atom stereocenters. The lowest BCUT2D eigenvalue weighted by atomic mass is 10.3. The van der Waals surface area contributed by atoms with E-state index in [2.05, 4.69) is 10.6 Å². The van der Waals surface area contributed by atoms with E-state index in [0.29, 0.717) is 23.8 Å². The van der Waals surface area contributed by atoms with Crippen LogP contribution in [0.1, 0.15) is 6.92 Å². The third kappa shape index (κ3) is 5.95. The number of para-hydroxylation sites is 1. The Bertz CT molecular complexity index is 865. The van der Waals surface area contributed by atoms with E-state index in [0.717, 1.165) is 11.5 Å². The summed E-state index contributed by atoms with van der Waals surface area (Å²) >= 11 is 0. The third-order valence-electron chi connectivity index (χ3n) is 3.70. The highest BCUT2D eigenvalue weighted by Crippen LogP contribution is 2.22. The second-order valence-corrected chi connectivity index (χ2v) is 5.76. The first-order chi connectivity index (χ1) is 13.7. The largest absolute Gasteiger partial charge is 0.494 e. The number of ether oxygens (including phenoxy) is 3. The average Bonchev–Trinajstić information content (AvgIpc) is 2.72. The van der Waals surface area contributed by atoms with Crippen molar-refractivity contribution in [3.8, 4) is 23.0 Å². The molecule has 3 rings (SSSR count). The van der Waals surface area contributed by atoms with Crippen molar-refractivity contribution in [2.75, 3.05) is 18.7 Å². The molecule has 2 amide bonds. The van der Waals surface area contributed by atoms with Gasteiger partial charge in [0, 0.05) is 5.69 Å². The summed E-state index contributed by atoms with van der Waals surface area (Å²) in [5, 5.41) is 5.38. The summed E-state index contributed by atoms with van der Waals surface area (Å²) in [5.41, 5.74) is 0.652. The molecule has 0 spiro atoms. The Morgan fingerprint density at radius 1 is 0.750 bits per heavy atom. The number of rotatable bonds is 8. The second kappa shape index (κ2) is 9.87. The highest BCUT2D eigenvalue weighted by Gasteiger charge is 2.03. The zero-order valence-electron chi connectivity index (χ0n) is 15.6. The molecular formula is C22H22N2O4. The van der Waals surface area contributed by atoms with Crippen LogP contribution < -0.4 is 24.8 Å². The zero-order valence-corrected chi connectivity index (χ0v) is 15.6. The number of hydrogen-bond acceptors (Lipinski definition) is 4. The van der Waals surface area contributed by atoms with Gasteiger partial charge in [-0.25, -0.2) is 4.79 Å². The van der Waals surface area contributed by atoms with Crippen molar-refractivity contribution in [2.45, 2.75) is 6.92 Å². The molecule has 28 heavy (non-hydrogen) atoms. The van der Waals surface area contributed by atoms with Crippen molar-refractivity contribution in [1.82, 2.24) is 5.32 Å². The summed E-state index contributed by atoms with van der Waals surface area (Å²) in [4.78, 5) is 12.0. The van der Waals surface area contributed by atoms with Crippen molar-refractivity contribution in [1.29, 1.82) is 0 Å².